The summed E-state index contributed by atoms with van der Waals surface area (Å²) in [5, 5.41) is 8.27. The summed E-state index contributed by atoms with van der Waals surface area (Å²) in [4.78, 5) is 24.5. The summed E-state index contributed by atoms with van der Waals surface area (Å²) in [5.41, 5.74) is 0.663. The van der Waals surface area contributed by atoms with Crippen LogP contribution in [0.25, 0.3) is 0 Å². The fourth-order valence-corrected chi connectivity index (χ4v) is 3.06. The summed E-state index contributed by atoms with van der Waals surface area (Å²) < 4.78 is 5.37. The Bertz CT molecular complexity index is 708. The predicted molar refractivity (Wildman–Crippen MR) is 109 cm³/mol. The Morgan fingerprint density at radius 3 is 2.44 bits per heavy atom. The van der Waals surface area contributed by atoms with Gasteiger partial charge in [-0.1, -0.05) is 18.2 Å². The van der Waals surface area contributed by atoms with E-state index in [1.807, 2.05) is 25.1 Å². The van der Waals surface area contributed by atoms with Gasteiger partial charge >= 0.3 is 6.03 Å². The minimum absolute atomic E-state index is 0.0257. The van der Waals surface area contributed by atoms with Crippen molar-refractivity contribution >= 4 is 29.4 Å². The van der Waals surface area contributed by atoms with Crippen LogP contribution in [0.15, 0.2) is 59.5 Å². The van der Waals surface area contributed by atoms with E-state index in [1.54, 1.807) is 36.0 Å². The second-order valence-electron chi connectivity index (χ2n) is 5.66. The van der Waals surface area contributed by atoms with E-state index in [0.29, 0.717) is 24.5 Å². The number of ether oxygens (including phenoxy) is 1. The van der Waals surface area contributed by atoms with Crippen molar-refractivity contribution in [1.82, 2.24) is 10.6 Å². The number of hydrogen-bond donors (Lipinski definition) is 3. The lowest BCUT2D eigenvalue weighted by atomic mass is 10.3. The molecule has 0 saturated carbocycles. The highest BCUT2D eigenvalue weighted by Gasteiger charge is 2.03. The van der Waals surface area contributed by atoms with Crippen LogP contribution in [0.2, 0.25) is 0 Å². The van der Waals surface area contributed by atoms with Crippen LogP contribution in [0.4, 0.5) is 10.5 Å². The van der Waals surface area contributed by atoms with Gasteiger partial charge in [-0.05, 0) is 55.5 Å². The van der Waals surface area contributed by atoms with Gasteiger partial charge in [0.15, 0.2) is 6.61 Å². The topological polar surface area (TPSA) is 79.5 Å². The molecule has 0 bridgehead atoms. The van der Waals surface area contributed by atoms with Gasteiger partial charge in [0.1, 0.15) is 5.75 Å². The van der Waals surface area contributed by atoms with Crippen molar-refractivity contribution in [2.45, 2.75) is 18.2 Å². The number of rotatable bonds is 10. The normalized spacial score (nSPS) is 10.1. The van der Waals surface area contributed by atoms with Crippen molar-refractivity contribution in [2.75, 3.05) is 30.8 Å². The summed E-state index contributed by atoms with van der Waals surface area (Å²) in [6.07, 6.45) is 0.888. The Balaban J connectivity index is 1.61. The van der Waals surface area contributed by atoms with E-state index in [4.69, 9.17) is 4.74 Å². The van der Waals surface area contributed by atoms with E-state index in [1.165, 1.54) is 4.90 Å². The molecule has 0 unspecified atom stereocenters. The molecule has 144 valence electrons. The maximum Gasteiger partial charge on any atom is 0.319 e. The molecule has 0 radical (unpaired) electrons. The van der Waals surface area contributed by atoms with Crippen LogP contribution in [-0.4, -0.2) is 37.4 Å². The first-order valence-electron chi connectivity index (χ1n) is 8.89. The lowest BCUT2D eigenvalue weighted by Crippen LogP contribution is -2.29. The minimum atomic E-state index is -0.240. The molecule has 2 aromatic rings. The van der Waals surface area contributed by atoms with E-state index in [0.717, 1.165) is 12.2 Å². The number of amides is 3. The molecule has 0 spiro atoms. The average molecular weight is 388 g/mol. The van der Waals surface area contributed by atoms with E-state index < -0.39 is 0 Å². The Morgan fingerprint density at radius 2 is 1.74 bits per heavy atom. The smallest absolute Gasteiger partial charge is 0.319 e. The van der Waals surface area contributed by atoms with Crippen LogP contribution in [-0.2, 0) is 4.79 Å². The number of thioether (sulfide) groups is 1. The second-order valence-corrected chi connectivity index (χ2v) is 6.83. The predicted octanol–water partition coefficient (Wildman–Crippen LogP) is 3.51. The van der Waals surface area contributed by atoms with Gasteiger partial charge in [-0.15, -0.1) is 11.8 Å². The molecule has 3 amide bonds. The largest absolute Gasteiger partial charge is 0.484 e. The third-order valence-corrected chi connectivity index (χ3v) is 4.57. The minimum Gasteiger partial charge on any atom is -0.484 e. The molecule has 27 heavy (non-hydrogen) atoms. The van der Waals surface area contributed by atoms with Crippen molar-refractivity contribution in [3.8, 4) is 5.75 Å². The van der Waals surface area contributed by atoms with Gasteiger partial charge in [0.2, 0.25) is 0 Å². The van der Waals surface area contributed by atoms with Crippen LogP contribution >= 0.6 is 11.8 Å². The molecule has 7 heteroatoms. The highest BCUT2D eigenvalue weighted by Crippen LogP contribution is 2.17. The van der Waals surface area contributed by atoms with Crippen molar-refractivity contribution in [3.05, 3.63) is 54.6 Å². The molecular formula is C20H25N3O3S. The molecule has 0 aromatic heterocycles. The number of carbonyl (C=O) groups excluding carboxylic acids is 2. The lowest BCUT2D eigenvalue weighted by molar-refractivity contribution is -0.122. The fraction of sp³-hybridized carbons (Fsp3) is 0.300. The summed E-state index contributed by atoms with van der Waals surface area (Å²) in [5.74, 6) is 1.36. The SMILES string of the molecule is CCNC(=O)COc1ccc(NC(=O)NCCCSc2ccccc2)cc1. The Kier molecular flexibility index (Phi) is 9.06. The Morgan fingerprint density at radius 1 is 1.00 bits per heavy atom. The third-order valence-electron chi connectivity index (χ3n) is 3.47. The van der Waals surface area contributed by atoms with Crippen LogP contribution < -0.4 is 20.7 Å². The molecule has 2 rings (SSSR count). The van der Waals surface area contributed by atoms with Crippen molar-refractivity contribution < 1.29 is 14.3 Å². The van der Waals surface area contributed by atoms with Gasteiger partial charge < -0.3 is 20.7 Å². The summed E-state index contributed by atoms with van der Waals surface area (Å²) in [6.45, 7) is 3.01. The molecule has 0 fully saturated rings. The highest BCUT2D eigenvalue weighted by atomic mass is 32.2. The van der Waals surface area contributed by atoms with E-state index in [-0.39, 0.29) is 18.5 Å². The van der Waals surface area contributed by atoms with Crippen LogP contribution in [0.1, 0.15) is 13.3 Å². The number of hydrogen-bond acceptors (Lipinski definition) is 4. The number of anilines is 1. The van der Waals surface area contributed by atoms with Gasteiger partial charge in [0, 0.05) is 23.7 Å². The van der Waals surface area contributed by atoms with Gasteiger partial charge in [-0.2, -0.15) is 0 Å². The van der Waals surface area contributed by atoms with Crippen LogP contribution in [0.5, 0.6) is 5.75 Å². The first kappa shape index (κ1) is 20.6. The van der Waals surface area contributed by atoms with Crippen molar-refractivity contribution in [1.29, 1.82) is 0 Å². The van der Waals surface area contributed by atoms with E-state index in [2.05, 4.69) is 28.1 Å². The number of carbonyl (C=O) groups is 2. The third kappa shape index (κ3) is 8.50. The van der Waals surface area contributed by atoms with Crippen molar-refractivity contribution in [3.63, 3.8) is 0 Å². The molecule has 0 saturated heterocycles. The zero-order valence-electron chi connectivity index (χ0n) is 15.4. The van der Waals surface area contributed by atoms with E-state index >= 15 is 0 Å². The molecule has 3 N–H and O–H groups in total. The summed E-state index contributed by atoms with van der Waals surface area (Å²) in [6, 6.07) is 16.8. The number of likely N-dealkylation sites (N-methyl/N-ethyl adjacent to an activating group) is 1. The van der Waals surface area contributed by atoms with Gasteiger partial charge in [-0.3, -0.25) is 4.79 Å². The van der Waals surface area contributed by atoms with Gasteiger partial charge in [0.05, 0.1) is 0 Å². The molecule has 0 aliphatic rings. The average Bonchev–Trinajstić information content (AvgIpc) is 2.68. The quantitative estimate of drug-likeness (QED) is 0.431. The molecular weight excluding hydrogens is 362 g/mol. The molecule has 0 atom stereocenters. The van der Waals surface area contributed by atoms with Crippen LogP contribution in [0, 0.1) is 0 Å². The lowest BCUT2D eigenvalue weighted by Gasteiger charge is -2.09. The standard InChI is InChI=1S/C20H25N3O3S/c1-2-21-19(24)15-26-17-11-9-16(10-12-17)23-20(25)22-13-6-14-27-18-7-4-3-5-8-18/h3-5,7-12H,2,6,13-15H2,1H3,(H,21,24)(H2,22,23,25). The second kappa shape index (κ2) is 11.9. The Labute approximate surface area is 164 Å². The maximum atomic E-state index is 11.9. The summed E-state index contributed by atoms with van der Waals surface area (Å²) in [7, 11) is 0. The first-order valence-corrected chi connectivity index (χ1v) is 9.88. The molecule has 0 aliphatic carbocycles. The zero-order chi connectivity index (χ0) is 19.3. The highest BCUT2D eigenvalue weighted by molar-refractivity contribution is 7.99. The molecule has 0 heterocycles. The van der Waals surface area contributed by atoms with Crippen LogP contribution in [0.3, 0.4) is 0 Å². The van der Waals surface area contributed by atoms with E-state index in [9.17, 15) is 9.59 Å². The first-order chi connectivity index (χ1) is 13.2. The van der Waals surface area contributed by atoms with Gasteiger partial charge in [0.25, 0.3) is 5.91 Å². The zero-order valence-corrected chi connectivity index (χ0v) is 16.2. The number of benzene rings is 2. The number of nitrogens with one attached hydrogen (secondary N) is 3. The fourth-order valence-electron chi connectivity index (χ4n) is 2.19. The maximum absolute atomic E-state index is 11.9. The molecule has 6 nitrogen and oxygen atoms in total. The Hall–Kier alpha value is -2.67. The van der Waals surface area contributed by atoms with Gasteiger partial charge in [-0.25, -0.2) is 4.79 Å². The monoisotopic (exact) mass is 387 g/mol. The van der Waals surface area contributed by atoms with Crippen molar-refractivity contribution in [2.24, 2.45) is 0 Å². The summed E-state index contributed by atoms with van der Waals surface area (Å²) >= 11 is 1.77. The molecule has 2 aromatic carbocycles. The number of urea groups is 1. The molecule has 0 aliphatic heterocycles.